The van der Waals surface area contributed by atoms with E-state index in [0.29, 0.717) is 18.9 Å². The molecule has 4 nitrogen and oxygen atoms in total. The summed E-state index contributed by atoms with van der Waals surface area (Å²) in [5.41, 5.74) is 0.915. The van der Waals surface area contributed by atoms with Gasteiger partial charge in [-0.3, -0.25) is 9.48 Å². The Morgan fingerprint density at radius 2 is 2.05 bits per heavy atom. The molecule has 1 aliphatic carbocycles. The largest absolute Gasteiger partial charge is 0.378 e. The number of hydrogen-bond donors (Lipinski definition) is 0. The third-order valence-corrected chi connectivity index (χ3v) is 4.47. The molecule has 0 radical (unpaired) electrons. The van der Waals surface area contributed by atoms with Crippen LogP contribution < -0.4 is 0 Å². The zero-order chi connectivity index (χ0) is 13.8. The van der Waals surface area contributed by atoms with Crippen molar-refractivity contribution in [2.75, 3.05) is 6.61 Å². The van der Waals surface area contributed by atoms with Crippen molar-refractivity contribution in [1.29, 1.82) is 0 Å². The van der Waals surface area contributed by atoms with Gasteiger partial charge in [0.1, 0.15) is 5.78 Å². The third kappa shape index (κ3) is 3.48. The van der Waals surface area contributed by atoms with Gasteiger partial charge in [-0.1, -0.05) is 12.8 Å². The van der Waals surface area contributed by atoms with Crippen LogP contribution in [0.25, 0.3) is 0 Å². The summed E-state index contributed by atoms with van der Waals surface area (Å²) < 4.78 is 7.69. The van der Waals surface area contributed by atoms with Crippen molar-refractivity contribution in [3.63, 3.8) is 0 Å². The van der Waals surface area contributed by atoms with Gasteiger partial charge in [0, 0.05) is 19.2 Å². The molecule has 4 heteroatoms. The zero-order valence-electron chi connectivity index (χ0n) is 12.1. The molecule has 2 heterocycles. The van der Waals surface area contributed by atoms with Gasteiger partial charge in [0.2, 0.25) is 0 Å². The van der Waals surface area contributed by atoms with Crippen molar-refractivity contribution in [2.24, 2.45) is 0 Å². The molecular weight excluding hydrogens is 252 g/mol. The number of carbonyl (C=O) groups excluding carboxylic acids is 1. The summed E-state index contributed by atoms with van der Waals surface area (Å²) in [6, 6.07) is 2.55. The monoisotopic (exact) mass is 276 g/mol. The lowest BCUT2D eigenvalue weighted by molar-refractivity contribution is -0.122. The molecule has 1 aromatic rings. The quantitative estimate of drug-likeness (QED) is 0.830. The molecule has 0 aromatic carbocycles. The van der Waals surface area contributed by atoms with Gasteiger partial charge in [0.05, 0.1) is 24.3 Å². The minimum absolute atomic E-state index is 0.146. The van der Waals surface area contributed by atoms with E-state index in [2.05, 4.69) is 9.78 Å². The van der Waals surface area contributed by atoms with E-state index in [1.54, 1.807) is 0 Å². The van der Waals surface area contributed by atoms with Gasteiger partial charge in [-0.2, -0.15) is 5.10 Å². The normalized spacial score (nSPS) is 24.1. The van der Waals surface area contributed by atoms with Gasteiger partial charge >= 0.3 is 0 Å². The van der Waals surface area contributed by atoms with Crippen molar-refractivity contribution in [3.05, 3.63) is 18.0 Å². The molecule has 1 saturated carbocycles. The summed E-state index contributed by atoms with van der Waals surface area (Å²) in [6.45, 7) is 0.814. The number of ether oxygens (including phenoxy) is 1. The lowest BCUT2D eigenvalue weighted by atomic mass is 10.0. The van der Waals surface area contributed by atoms with Crippen LogP contribution in [0.2, 0.25) is 0 Å². The predicted molar refractivity (Wildman–Crippen MR) is 76.7 cm³/mol. The Morgan fingerprint density at radius 1 is 1.25 bits per heavy atom. The Balaban J connectivity index is 1.50. The molecule has 0 bridgehead atoms. The van der Waals surface area contributed by atoms with Crippen LogP contribution in [0.1, 0.15) is 63.1 Å². The first kappa shape index (κ1) is 13.8. The highest BCUT2D eigenvalue weighted by Gasteiger charge is 2.20. The van der Waals surface area contributed by atoms with Gasteiger partial charge in [-0.05, 0) is 38.2 Å². The van der Waals surface area contributed by atoms with Crippen LogP contribution >= 0.6 is 0 Å². The zero-order valence-corrected chi connectivity index (χ0v) is 12.1. The van der Waals surface area contributed by atoms with Crippen molar-refractivity contribution >= 4 is 5.78 Å². The highest BCUT2D eigenvalue weighted by Crippen LogP contribution is 2.28. The maximum Gasteiger partial charge on any atom is 0.141 e. The maximum atomic E-state index is 12.1. The topological polar surface area (TPSA) is 44.1 Å². The number of rotatable bonds is 5. The van der Waals surface area contributed by atoms with Crippen molar-refractivity contribution < 1.29 is 9.53 Å². The van der Waals surface area contributed by atoms with Crippen LogP contribution in [0.5, 0.6) is 0 Å². The molecule has 1 unspecified atom stereocenters. The summed E-state index contributed by atoms with van der Waals surface area (Å²) in [7, 11) is 0. The fraction of sp³-hybridized carbons (Fsp3) is 0.750. The van der Waals surface area contributed by atoms with Crippen molar-refractivity contribution in [3.8, 4) is 0 Å². The molecule has 1 aromatic heterocycles. The first-order valence-corrected chi connectivity index (χ1v) is 7.98. The average Bonchev–Trinajstić information content (AvgIpc) is 3.10. The number of nitrogens with zero attached hydrogens (tertiary/aromatic N) is 2. The maximum absolute atomic E-state index is 12.1. The first-order valence-electron chi connectivity index (χ1n) is 7.98. The van der Waals surface area contributed by atoms with Crippen molar-refractivity contribution in [1.82, 2.24) is 9.78 Å². The van der Waals surface area contributed by atoms with Gasteiger partial charge in [0.15, 0.2) is 0 Å². The SMILES string of the molecule is O=C(Cc1ccn(C2CCCC2)n1)CC1CCCCO1. The van der Waals surface area contributed by atoms with E-state index in [1.807, 2.05) is 12.3 Å². The highest BCUT2D eigenvalue weighted by atomic mass is 16.5. The van der Waals surface area contributed by atoms with Gasteiger partial charge in [-0.25, -0.2) is 0 Å². The average molecular weight is 276 g/mol. The van der Waals surface area contributed by atoms with E-state index < -0.39 is 0 Å². The van der Waals surface area contributed by atoms with Crippen molar-refractivity contribution in [2.45, 2.75) is 69.9 Å². The second-order valence-electron chi connectivity index (χ2n) is 6.13. The van der Waals surface area contributed by atoms with Crippen LogP contribution in [0.3, 0.4) is 0 Å². The van der Waals surface area contributed by atoms with Crippen LogP contribution in [0.4, 0.5) is 0 Å². The van der Waals surface area contributed by atoms with E-state index in [1.165, 1.54) is 32.1 Å². The number of Topliss-reactive ketones (excluding diaryl/α,β-unsaturated/α-hetero) is 1. The van der Waals surface area contributed by atoms with E-state index >= 15 is 0 Å². The standard InChI is InChI=1S/C16H24N2O2/c19-15(12-16-7-3-4-10-20-16)11-13-8-9-18(17-13)14-5-1-2-6-14/h8-9,14,16H,1-7,10-12H2. The molecule has 0 N–H and O–H groups in total. The second-order valence-corrected chi connectivity index (χ2v) is 6.13. The first-order chi connectivity index (χ1) is 9.81. The molecule has 0 amide bonds. The summed E-state index contributed by atoms with van der Waals surface area (Å²) >= 11 is 0. The summed E-state index contributed by atoms with van der Waals surface area (Å²) in [4.78, 5) is 12.1. The Kier molecular flexibility index (Phi) is 4.51. The van der Waals surface area contributed by atoms with E-state index in [-0.39, 0.29) is 11.9 Å². The molecule has 1 saturated heterocycles. The van der Waals surface area contributed by atoms with E-state index in [9.17, 15) is 4.79 Å². The predicted octanol–water partition coefficient (Wildman–Crippen LogP) is 3.07. The lowest BCUT2D eigenvalue weighted by Gasteiger charge is -2.21. The Labute approximate surface area is 120 Å². The van der Waals surface area contributed by atoms with Crippen LogP contribution in [0, 0.1) is 0 Å². The molecule has 0 spiro atoms. The van der Waals surface area contributed by atoms with Crippen LogP contribution in [-0.2, 0) is 16.0 Å². The minimum Gasteiger partial charge on any atom is -0.378 e. The van der Waals surface area contributed by atoms with Crippen LogP contribution in [0.15, 0.2) is 12.3 Å². The Morgan fingerprint density at radius 3 is 2.80 bits per heavy atom. The number of carbonyl (C=O) groups is 1. The van der Waals surface area contributed by atoms with Gasteiger partial charge < -0.3 is 4.74 Å². The van der Waals surface area contributed by atoms with Crippen LogP contribution in [-0.4, -0.2) is 28.3 Å². The third-order valence-electron chi connectivity index (χ3n) is 4.47. The molecule has 3 rings (SSSR count). The molecule has 2 fully saturated rings. The Bertz CT molecular complexity index is 443. The fourth-order valence-electron chi connectivity index (χ4n) is 3.34. The number of aromatic nitrogens is 2. The number of ketones is 1. The Hall–Kier alpha value is -1.16. The van der Waals surface area contributed by atoms with E-state index in [0.717, 1.165) is 25.1 Å². The molecule has 2 aliphatic rings. The summed E-state index contributed by atoms with van der Waals surface area (Å²) in [5.74, 6) is 0.258. The smallest absolute Gasteiger partial charge is 0.141 e. The second kappa shape index (κ2) is 6.53. The fourth-order valence-corrected chi connectivity index (χ4v) is 3.34. The molecular formula is C16H24N2O2. The molecule has 1 atom stereocenters. The number of hydrogen-bond acceptors (Lipinski definition) is 3. The minimum atomic E-state index is 0.146. The van der Waals surface area contributed by atoms with E-state index in [4.69, 9.17) is 4.74 Å². The molecule has 20 heavy (non-hydrogen) atoms. The molecule has 1 aliphatic heterocycles. The van der Waals surface area contributed by atoms with Gasteiger partial charge in [-0.15, -0.1) is 0 Å². The molecule has 110 valence electrons. The highest BCUT2D eigenvalue weighted by molar-refractivity contribution is 5.80. The van der Waals surface area contributed by atoms with Gasteiger partial charge in [0.25, 0.3) is 0 Å². The summed E-state index contributed by atoms with van der Waals surface area (Å²) in [5, 5.41) is 4.58. The summed E-state index contributed by atoms with van der Waals surface area (Å²) in [6.07, 6.45) is 11.6. The lowest BCUT2D eigenvalue weighted by Crippen LogP contribution is -2.23.